The minimum atomic E-state index is 0.313. The molecular formula is C42H36N2. The highest BCUT2D eigenvalue weighted by Gasteiger charge is 2.34. The molecule has 214 valence electrons. The molecule has 8 rings (SSSR count). The van der Waals surface area contributed by atoms with Crippen molar-refractivity contribution in [3.05, 3.63) is 158 Å². The van der Waals surface area contributed by atoms with Crippen molar-refractivity contribution in [1.29, 1.82) is 0 Å². The van der Waals surface area contributed by atoms with Crippen LogP contribution in [0.5, 0.6) is 0 Å². The van der Waals surface area contributed by atoms with Crippen molar-refractivity contribution in [3.8, 4) is 22.3 Å². The molecule has 1 saturated carbocycles. The lowest BCUT2D eigenvalue weighted by Gasteiger charge is -2.42. The highest BCUT2D eigenvalue weighted by molar-refractivity contribution is 6.08. The summed E-state index contributed by atoms with van der Waals surface area (Å²) >= 11 is 0. The predicted octanol–water partition coefficient (Wildman–Crippen LogP) is 11.5. The van der Waals surface area contributed by atoms with Crippen LogP contribution in [0.1, 0.15) is 31.7 Å². The molecule has 1 aliphatic carbocycles. The zero-order valence-corrected chi connectivity index (χ0v) is 24.9. The van der Waals surface area contributed by atoms with Crippen LogP contribution < -0.4 is 4.90 Å². The summed E-state index contributed by atoms with van der Waals surface area (Å²) in [6.07, 6.45) is 4.79. The van der Waals surface area contributed by atoms with Gasteiger partial charge in [-0.05, 0) is 71.5 Å². The molecule has 0 saturated heterocycles. The summed E-state index contributed by atoms with van der Waals surface area (Å²) < 4.78 is 2.66. The van der Waals surface area contributed by atoms with Gasteiger partial charge in [0.2, 0.25) is 0 Å². The molecular weight excluding hydrogens is 532 g/mol. The maximum absolute atomic E-state index is 2.66. The Morgan fingerprint density at radius 3 is 1.32 bits per heavy atom. The summed E-state index contributed by atoms with van der Waals surface area (Å²) in [6.45, 7) is 0. The van der Waals surface area contributed by atoms with Gasteiger partial charge in [-0.15, -0.1) is 0 Å². The van der Waals surface area contributed by atoms with Crippen molar-refractivity contribution >= 4 is 33.2 Å². The van der Waals surface area contributed by atoms with E-state index in [1.54, 1.807) is 0 Å². The standard InChI is InChI=1S/C42H36N2/c1-3-13-31(14-4-1)33-23-27-35(28-24-33)43(36-29-25-34(26-30-36)32-15-5-2-6-16-32)41-21-11-12-22-42(41)44-39-19-9-7-17-37(39)38-18-8-10-20-40(38)44/h1-10,13-20,23-30,41-42H,11-12,21-22H2. The maximum atomic E-state index is 2.66. The number of hydrogen-bond acceptors (Lipinski definition) is 1. The van der Waals surface area contributed by atoms with Crippen LogP contribution in [0.2, 0.25) is 0 Å². The van der Waals surface area contributed by atoms with Crippen LogP contribution in [0.3, 0.4) is 0 Å². The van der Waals surface area contributed by atoms with Gasteiger partial charge in [-0.2, -0.15) is 0 Å². The van der Waals surface area contributed by atoms with E-state index < -0.39 is 0 Å². The molecule has 2 atom stereocenters. The summed E-state index contributed by atoms with van der Waals surface area (Å²) in [7, 11) is 0. The van der Waals surface area contributed by atoms with Gasteiger partial charge >= 0.3 is 0 Å². The maximum Gasteiger partial charge on any atom is 0.0550 e. The third-order valence-electron chi connectivity index (χ3n) is 9.48. The first kappa shape index (κ1) is 26.5. The van der Waals surface area contributed by atoms with Gasteiger partial charge in [0.05, 0.1) is 12.1 Å². The van der Waals surface area contributed by atoms with E-state index in [2.05, 4.69) is 167 Å². The van der Waals surface area contributed by atoms with Crippen LogP contribution >= 0.6 is 0 Å². The zero-order chi connectivity index (χ0) is 29.3. The van der Waals surface area contributed by atoms with Crippen LogP contribution in [0.15, 0.2) is 158 Å². The minimum absolute atomic E-state index is 0.313. The van der Waals surface area contributed by atoms with E-state index in [-0.39, 0.29) is 0 Å². The number of aromatic nitrogens is 1. The van der Waals surface area contributed by atoms with Crippen molar-refractivity contribution in [2.75, 3.05) is 4.90 Å². The second kappa shape index (κ2) is 11.5. The third kappa shape index (κ3) is 4.77. The van der Waals surface area contributed by atoms with Gasteiger partial charge in [0, 0.05) is 33.2 Å². The second-order valence-electron chi connectivity index (χ2n) is 12.0. The Balaban J connectivity index is 1.27. The SMILES string of the molecule is c1ccc(-c2ccc(N(c3ccc(-c4ccccc4)cc3)C3CCCCC3n3c4ccccc4c4ccccc43)cc2)cc1. The normalized spacial score (nSPS) is 16.7. The summed E-state index contributed by atoms with van der Waals surface area (Å²) in [6, 6.07) is 58.4. The lowest BCUT2D eigenvalue weighted by Crippen LogP contribution is -2.41. The molecule has 0 N–H and O–H groups in total. The molecule has 2 unspecified atom stereocenters. The topological polar surface area (TPSA) is 8.17 Å². The summed E-state index contributed by atoms with van der Waals surface area (Å²) in [5.74, 6) is 0. The van der Waals surface area contributed by atoms with E-state index in [0.717, 1.165) is 12.8 Å². The van der Waals surface area contributed by atoms with E-state index in [4.69, 9.17) is 0 Å². The summed E-state index contributed by atoms with van der Waals surface area (Å²) in [5, 5.41) is 2.69. The van der Waals surface area contributed by atoms with Gasteiger partial charge in [-0.1, -0.05) is 134 Å². The van der Waals surface area contributed by atoms with Gasteiger partial charge < -0.3 is 9.47 Å². The van der Waals surface area contributed by atoms with Gasteiger partial charge in [-0.3, -0.25) is 0 Å². The minimum Gasteiger partial charge on any atom is -0.336 e. The van der Waals surface area contributed by atoms with Crippen LogP contribution in [0, 0.1) is 0 Å². The van der Waals surface area contributed by atoms with Gasteiger partial charge in [0.15, 0.2) is 0 Å². The number of nitrogens with zero attached hydrogens (tertiary/aromatic N) is 2. The highest BCUT2D eigenvalue weighted by atomic mass is 15.2. The molecule has 1 heterocycles. The number of para-hydroxylation sites is 2. The fourth-order valence-electron chi connectivity index (χ4n) is 7.43. The first-order valence-electron chi connectivity index (χ1n) is 15.9. The Bertz CT molecular complexity index is 1870. The fourth-order valence-corrected chi connectivity index (χ4v) is 7.43. The number of anilines is 2. The molecule has 6 aromatic carbocycles. The number of rotatable bonds is 6. The molecule has 1 aromatic heterocycles. The lowest BCUT2D eigenvalue weighted by atomic mass is 9.87. The fraction of sp³-hybridized carbons (Fsp3) is 0.143. The van der Waals surface area contributed by atoms with Crippen LogP contribution in [0.25, 0.3) is 44.1 Å². The van der Waals surface area contributed by atoms with E-state index in [1.807, 2.05) is 0 Å². The number of benzene rings is 6. The first-order chi connectivity index (χ1) is 21.8. The Labute approximate surface area is 259 Å². The van der Waals surface area contributed by atoms with E-state index in [0.29, 0.717) is 12.1 Å². The predicted molar refractivity (Wildman–Crippen MR) is 187 cm³/mol. The third-order valence-corrected chi connectivity index (χ3v) is 9.48. The van der Waals surface area contributed by atoms with E-state index in [1.165, 1.54) is 68.3 Å². The smallest absolute Gasteiger partial charge is 0.0550 e. The molecule has 2 nitrogen and oxygen atoms in total. The van der Waals surface area contributed by atoms with Crippen molar-refractivity contribution in [3.63, 3.8) is 0 Å². The second-order valence-corrected chi connectivity index (χ2v) is 12.0. The highest BCUT2D eigenvalue weighted by Crippen LogP contribution is 2.44. The molecule has 0 bridgehead atoms. The Morgan fingerprint density at radius 1 is 0.409 bits per heavy atom. The van der Waals surface area contributed by atoms with Crippen LogP contribution in [-0.2, 0) is 0 Å². The Morgan fingerprint density at radius 2 is 0.818 bits per heavy atom. The molecule has 44 heavy (non-hydrogen) atoms. The Kier molecular flexibility index (Phi) is 6.96. The Hall–Kier alpha value is -5.08. The molecule has 7 aromatic rings. The van der Waals surface area contributed by atoms with Gasteiger partial charge in [0.25, 0.3) is 0 Å². The monoisotopic (exact) mass is 568 g/mol. The van der Waals surface area contributed by atoms with Gasteiger partial charge in [0.1, 0.15) is 0 Å². The molecule has 1 aliphatic rings. The average Bonchev–Trinajstić information content (AvgIpc) is 3.44. The van der Waals surface area contributed by atoms with E-state index >= 15 is 0 Å². The van der Waals surface area contributed by atoms with Crippen molar-refractivity contribution in [2.45, 2.75) is 37.8 Å². The molecule has 0 aliphatic heterocycles. The summed E-state index contributed by atoms with van der Waals surface area (Å²) in [4.78, 5) is 2.64. The largest absolute Gasteiger partial charge is 0.336 e. The molecule has 0 spiro atoms. The molecule has 0 amide bonds. The van der Waals surface area contributed by atoms with Crippen LogP contribution in [-0.4, -0.2) is 10.6 Å². The quantitative estimate of drug-likeness (QED) is 0.194. The van der Waals surface area contributed by atoms with E-state index in [9.17, 15) is 0 Å². The molecule has 0 radical (unpaired) electrons. The average molecular weight is 569 g/mol. The van der Waals surface area contributed by atoms with Crippen molar-refractivity contribution in [1.82, 2.24) is 4.57 Å². The van der Waals surface area contributed by atoms with Crippen LogP contribution in [0.4, 0.5) is 11.4 Å². The molecule has 2 heteroatoms. The summed E-state index contributed by atoms with van der Waals surface area (Å²) in [5.41, 5.74) is 10.2. The zero-order valence-electron chi connectivity index (χ0n) is 24.9. The van der Waals surface area contributed by atoms with Crippen molar-refractivity contribution < 1.29 is 0 Å². The lowest BCUT2D eigenvalue weighted by molar-refractivity contribution is 0.315. The first-order valence-corrected chi connectivity index (χ1v) is 15.9. The van der Waals surface area contributed by atoms with Crippen molar-refractivity contribution in [2.24, 2.45) is 0 Å². The van der Waals surface area contributed by atoms with Gasteiger partial charge in [-0.25, -0.2) is 0 Å². The molecule has 1 fully saturated rings. The number of hydrogen-bond donors (Lipinski definition) is 0. The number of fused-ring (bicyclic) bond motifs is 3.